The monoisotopic (exact) mass is 398 g/mol. The number of nitrogens with zero attached hydrogens (tertiary/aromatic N) is 2. The van der Waals surface area contributed by atoms with E-state index in [1.807, 2.05) is 30.3 Å². The number of amides is 2. The van der Waals surface area contributed by atoms with E-state index in [1.165, 1.54) is 31.3 Å². The second-order valence-electron chi connectivity index (χ2n) is 8.02. The standard InChI is InChI=1S/C23H34N4O2/c28-22(24-12-11-20-7-3-1-4-8-20)18-26-13-15-27(16-14-26)19-23(29)25-17-21-9-5-2-6-10-21/h2,5-7,9-10H,1,3-4,8,11-19H2,(H,24,28)(H,25,29). The van der Waals surface area contributed by atoms with Crippen LogP contribution in [-0.2, 0) is 16.1 Å². The number of hydrogen-bond acceptors (Lipinski definition) is 4. The SMILES string of the molecule is O=C(CN1CCN(CC(=O)NCc2ccccc2)CC1)NCCC1=CCCCC1. The predicted octanol–water partition coefficient (Wildman–Crippen LogP) is 1.93. The molecular weight excluding hydrogens is 364 g/mol. The van der Waals surface area contributed by atoms with Crippen LogP contribution in [0.5, 0.6) is 0 Å². The first kappa shape index (κ1) is 21.5. The first-order valence-corrected chi connectivity index (χ1v) is 10.9. The molecule has 158 valence electrons. The van der Waals surface area contributed by atoms with Crippen molar-refractivity contribution in [2.75, 3.05) is 45.8 Å². The van der Waals surface area contributed by atoms with Crippen LogP contribution in [0.25, 0.3) is 0 Å². The van der Waals surface area contributed by atoms with Crippen LogP contribution in [0.15, 0.2) is 42.0 Å². The molecule has 0 unspecified atom stereocenters. The van der Waals surface area contributed by atoms with Crippen LogP contribution in [0.1, 0.15) is 37.7 Å². The third kappa shape index (κ3) is 7.99. The highest BCUT2D eigenvalue weighted by atomic mass is 16.2. The molecule has 1 aromatic rings. The van der Waals surface area contributed by atoms with E-state index in [9.17, 15) is 9.59 Å². The van der Waals surface area contributed by atoms with Gasteiger partial charge >= 0.3 is 0 Å². The Hall–Kier alpha value is -2.18. The number of rotatable bonds is 9. The van der Waals surface area contributed by atoms with E-state index >= 15 is 0 Å². The van der Waals surface area contributed by atoms with Crippen molar-refractivity contribution < 1.29 is 9.59 Å². The minimum Gasteiger partial charge on any atom is -0.355 e. The molecule has 1 aliphatic carbocycles. The van der Waals surface area contributed by atoms with Gasteiger partial charge in [0.15, 0.2) is 0 Å². The second kappa shape index (κ2) is 11.7. The zero-order chi connectivity index (χ0) is 20.3. The summed E-state index contributed by atoms with van der Waals surface area (Å²) in [4.78, 5) is 28.7. The fraction of sp³-hybridized carbons (Fsp3) is 0.565. The molecule has 29 heavy (non-hydrogen) atoms. The third-order valence-electron chi connectivity index (χ3n) is 5.69. The highest BCUT2D eigenvalue weighted by Crippen LogP contribution is 2.19. The summed E-state index contributed by atoms with van der Waals surface area (Å²) in [6.45, 7) is 5.46. The molecule has 0 aromatic heterocycles. The first-order chi connectivity index (χ1) is 14.2. The lowest BCUT2D eigenvalue weighted by atomic mass is 9.97. The summed E-state index contributed by atoms with van der Waals surface area (Å²) in [6.07, 6.45) is 8.29. The van der Waals surface area contributed by atoms with Gasteiger partial charge in [-0.3, -0.25) is 19.4 Å². The van der Waals surface area contributed by atoms with Crippen molar-refractivity contribution in [3.05, 3.63) is 47.5 Å². The molecule has 0 radical (unpaired) electrons. The Kier molecular flexibility index (Phi) is 8.71. The number of benzene rings is 1. The van der Waals surface area contributed by atoms with Crippen LogP contribution in [0.3, 0.4) is 0 Å². The van der Waals surface area contributed by atoms with Crippen LogP contribution in [0, 0.1) is 0 Å². The van der Waals surface area contributed by atoms with Gasteiger partial charge in [-0.05, 0) is 37.7 Å². The van der Waals surface area contributed by atoms with Crippen LogP contribution in [-0.4, -0.2) is 67.4 Å². The molecule has 1 aliphatic heterocycles. The summed E-state index contributed by atoms with van der Waals surface area (Å²) in [5.74, 6) is 0.160. The fourth-order valence-electron chi connectivity index (χ4n) is 3.91. The lowest BCUT2D eigenvalue weighted by Crippen LogP contribution is -2.51. The van der Waals surface area contributed by atoms with Crippen molar-refractivity contribution in [2.45, 2.75) is 38.6 Å². The minimum atomic E-state index is 0.0528. The average molecular weight is 399 g/mol. The number of carbonyl (C=O) groups is 2. The van der Waals surface area contributed by atoms with Crippen LogP contribution in [0.2, 0.25) is 0 Å². The van der Waals surface area contributed by atoms with E-state index in [0.29, 0.717) is 19.6 Å². The van der Waals surface area contributed by atoms with Gasteiger partial charge in [0.2, 0.25) is 11.8 Å². The molecule has 1 aromatic carbocycles. The fourth-order valence-corrected chi connectivity index (χ4v) is 3.91. The highest BCUT2D eigenvalue weighted by molar-refractivity contribution is 5.78. The summed E-state index contributed by atoms with van der Waals surface area (Å²) in [5, 5.41) is 6.03. The van der Waals surface area contributed by atoms with Gasteiger partial charge in [-0.1, -0.05) is 42.0 Å². The Morgan fingerprint density at radius 3 is 2.14 bits per heavy atom. The van der Waals surface area contributed by atoms with Gasteiger partial charge in [0.1, 0.15) is 0 Å². The maximum atomic E-state index is 12.2. The van der Waals surface area contributed by atoms with Crippen molar-refractivity contribution in [2.24, 2.45) is 0 Å². The van der Waals surface area contributed by atoms with Gasteiger partial charge in [-0.25, -0.2) is 0 Å². The lowest BCUT2D eigenvalue weighted by Gasteiger charge is -2.33. The molecule has 0 atom stereocenters. The molecule has 0 bridgehead atoms. The Bertz CT molecular complexity index is 681. The second-order valence-corrected chi connectivity index (χ2v) is 8.02. The number of piperazine rings is 1. The van der Waals surface area contributed by atoms with E-state index in [4.69, 9.17) is 0 Å². The summed E-state index contributed by atoms with van der Waals surface area (Å²) >= 11 is 0. The summed E-state index contributed by atoms with van der Waals surface area (Å²) in [5.41, 5.74) is 2.60. The molecule has 6 heteroatoms. The van der Waals surface area contributed by atoms with E-state index in [0.717, 1.165) is 44.7 Å². The molecule has 2 aliphatic rings. The molecule has 1 saturated heterocycles. The maximum absolute atomic E-state index is 12.2. The van der Waals surface area contributed by atoms with Crippen molar-refractivity contribution >= 4 is 11.8 Å². The van der Waals surface area contributed by atoms with Crippen molar-refractivity contribution in [1.82, 2.24) is 20.4 Å². The number of carbonyl (C=O) groups excluding carboxylic acids is 2. The molecule has 2 N–H and O–H groups in total. The number of nitrogens with one attached hydrogen (secondary N) is 2. The van der Waals surface area contributed by atoms with Crippen LogP contribution in [0.4, 0.5) is 0 Å². The molecule has 1 heterocycles. The molecule has 6 nitrogen and oxygen atoms in total. The summed E-state index contributed by atoms with van der Waals surface area (Å²) in [6, 6.07) is 9.94. The predicted molar refractivity (Wildman–Crippen MR) is 115 cm³/mol. The molecule has 2 amide bonds. The normalized spacial score (nSPS) is 18.1. The zero-order valence-corrected chi connectivity index (χ0v) is 17.4. The van der Waals surface area contributed by atoms with E-state index in [-0.39, 0.29) is 11.8 Å². The lowest BCUT2D eigenvalue weighted by molar-refractivity contribution is -0.125. The molecule has 3 rings (SSSR count). The smallest absolute Gasteiger partial charge is 0.234 e. The first-order valence-electron chi connectivity index (χ1n) is 10.9. The van der Waals surface area contributed by atoms with E-state index in [2.05, 4.69) is 26.5 Å². The van der Waals surface area contributed by atoms with Gasteiger partial charge in [-0.2, -0.15) is 0 Å². The maximum Gasteiger partial charge on any atom is 0.234 e. The molecule has 0 spiro atoms. The van der Waals surface area contributed by atoms with Crippen molar-refractivity contribution in [1.29, 1.82) is 0 Å². The largest absolute Gasteiger partial charge is 0.355 e. The number of hydrogen-bond donors (Lipinski definition) is 2. The molecule has 0 saturated carbocycles. The Balaban J connectivity index is 1.26. The van der Waals surface area contributed by atoms with Gasteiger partial charge < -0.3 is 10.6 Å². The van der Waals surface area contributed by atoms with Crippen LogP contribution >= 0.6 is 0 Å². The minimum absolute atomic E-state index is 0.0528. The van der Waals surface area contributed by atoms with Gasteiger partial charge in [0.25, 0.3) is 0 Å². The Labute approximate surface area is 174 Å². The molecular formula is C23H34N4O2. The van der Waals surface area contributed by atoms with Crippen molar-refractivity contribution in [3.63, 3.8) is 0 Å². The molecule has 1 fully saturated rings. The van der Waals surface area contributed by atoms with Crippen LogP contribution < -0.4 is 10.6 Å². The van der Waals surface area contributed by atoms with E-state index < -0.39 is 0 Å². The topological polar surface area (TPSA) is 64.7 Å². The summed E-state index contributed by atoms with van der Waals surface area (Å²) < 4.78 is 0. The summed E-state index contributed by atoms with van der Waals surface area (Å²) in [7, 11) is 0. The zero-order valence-electron chi connectivity index (χ0n) is 17.4. The van der Waals surface area contributed by atoms with Gasteiger partial charge in [0, 0.05) is 39.3 Å². The Morgan fingerprint density at radius 1 is 0.862 bits per heavy atom. The Morgan fingerprint density at radius 2 is 1.52 bits per heavy atom. The van der Waals surface area contributed by atoms with Crippen molar-refractivity contribution in [3.8, 4) is 0 Å². The number of allylic oxidation sites excluding steroid dienone is 1. The average Bonchev–Trinajstić information content (AvgIpc) is 2.75. The third-order valence-corrected chi connectivity index (χ3v) is 5.69. The van der Waals surface area contributed by atoms with E-state index in [1.54, 1.807) is 0 Å². The van der Waals surface area contributed by atoms with Gasteiger partial charge in [-0.15, -0.1) is 0 Å². The highest BCUT2D eigenvalue weighted by Gasteiger charge is 2.20. The van der Waals surface area contributed by atoms with Gasteiger partial charge in [0.05, 0.1) is 13.1 Å². The quantitative estimate of drug-likeness (QED) is 0.624.